The first-order valence-corrected chi connectivity index (χ1v) is 11.9. The number of aryl methyl sites for hydroxylation is 1. The summed E-state index contributed by atoms with van der Waals surface area (Å²) in [5.74, 6) is 0.902. The summed E-state index contributed by atoms with van der Waals surface area (Å²) < 4.78 is 1.96. The van der Waals surface area contributed by atoms with Gasteiger partial charge in [-0.2, -0.15) is 0 Å². The second-order valence-corrected chi connectivity index (χ2v) is 10.2. The van der Waals surface area contributed by atoms with E-state index >= 15 is 0 Å². The Morgan fingerprint density at radius 1 is 1.22 bits per heavy atom. The summed E-state index contributed by atoms with van der Waals surface area (Å²) in [5.41, 5.74) is 2.64. The molecule has 172 valence electrons. The number of pyridine rings is 1. The number of aromatic nitrogens is 5. The minimum absolute atomic E-state index is 0.00300. The molecule has 1 aromatic carbocycles. The summed E-state index contributed by atoms with van der Waals surface area (Å²) in [6.45, 7) is 11.2. The monoisotopic (exact) mass is 436 g/mol. The topological polar surface area (TPSA) is 79.7 Å². The van der Waals surface area contributed by atoms with Crippen LogP contribution in [0.3, 0.4) is 0 Å². The van der Waals surface area contributed by atoms with Crippen molar-refractivity contribution in [3.8, 4) is 0 Å². The maximum Gasteiger partial charge on any atom is 0.252 e. The quantitative estimate of drug-likeness (QED) is 0.572. The molecule has 0 radical (unpaired) electrons. The molecule has 2 aromatic heterocycles. The Balaban J connectivity index is 1.76. The molecule has 0 unspecified atom stereocenters. The van der Waals surface area contributed by atoms with Crippen LogP contribution in [0.4, 0.5) is 0 Å². The van der Waals surface area contributed by atoms with Crippen molar-refractivity contribution in [3.63, 3.8) is 0 Å². The second-order valence-electron chi connectivity index (χ2n) is 10.2. The lowest BCUT2D eigenvalue weighted by Crippen LogP contribution is -2.40. The second kappa shape index (κ2) is 9.14. The van der Waals surface area contributed by atoms with Gasteiger partial charge in [0.15, 0.2) is 5.82 Å². The van der Waals surface area contributed by atoms with Crippen LogP contribution >= 0.6 is 0 Å². The maximum atomic E-state index is 13.1. The molecule has 32 heavy (non-hydrogen) atoms. The summed E-state index contributed by atoms with van der Waals surface area (Å²) in [6, 6.07) is 8.79. The normalized spacial score (nSPS) is 16.3. The zero-order valence-electron chi connectivity index (χ0n) is 20.1. The highest BCUT2D eigenvalue weighted by atomic mass is 16.1. The van der Waals surface area contributed by atoms with Crippen LogP contribution < -0.4 is 5.56 Å². The lowest BCUT2D eigenvalue weighted by molar-refractivity contribution is 0.104. The first-order chi connectivity index (χ1) is 15.3. The number of rotatable bonds is 7. The van der Waals surface area contributed by atoms with Crippen LogP contribution in [-0.2, 0) is 12.1 Å². The van der Waals surface area contributed by atoms with Gasteiger partial charge in [0.2, 0.25) is 0 Å². The molecule has 1 atom stereocenters. The van der Waals surface area contributed by atoms with Crippen LogP contribution in [0.2, 0.25) is 0 Å². The van der Waals surface area contributed by atoms with Gasteiger partial charge < -0.3 is 4.98 Å². The van der Waals surface area contributed by atoms with E-state index in [0.717, 1.165) is 53.5 Å². The fraction of sp³-hybridized carbons (Fsp3) is 0.600. The number of tetrazole rings is 1. The van der Waals surface area contributed by atoms with Crippen LogP contribution in [-0.4, -0.2) is 36.1 Å². The molecule has 3 aromatic rings. The van der Waals surface area contributed by atoms with Crippen molar-refractivity contribution in [3.05, 3.63) is 51.6 Å². The molecule has 4 rings (SSSR count). The van der Waals surface area contributed by atoms with E-state index in [1.165, 1.54) is 12.8 Å². The number of benzene rings is 1. The number of nitrogens with zero attached hydrogens (tertiary/aromatic N) is 5. The van der Waals surface area contributed by atoms with Gasteiger partial charge in [-0.25, -0.2) is 4.68 Å². The van der Waals surface area contributed by atoms with E-state index in [4.69, 9.17) is 0 Å². The highest BCUT2D eigenvalue weighted by Gasteiger charge is 2.34. The van der Waals surface area contributed by atoms with Crippen LogP contribution in [0.25, 0.3) is 10.9 Å². The fourth-order valence-corrected chi connectivity index (χ4v) is 5.00. The van der Waals surface area contributed by atoms with Gasteiger partial charge >= 0.3 is 0 Å². The van der Waals surface area contributed by atoms with Gasteiger partial charge in [-0.15, -0.1) is 5.10 Å². The Labute approximate surface area is 190 Å². The van der Waals surface area contributed by atoms with E-state index < -0.39 is 0 Å². The Morgan fingerprint density at radius 2 is 1.97 bits per heavy atom. The Hall–Kier alpha value is -2.54. The van der Waals surface area contributed by atoms with Crippen molar-refractivity contribution in [1.29, 1.82) is 0 Å². The van der Waals surface area contributed by atoms with Crippen LogP contribution in [0.1, 0.15) is 89.2 Å². The molecule has 0 amide bonds. The Kier molecular flexibility index (Phi) is 6.47. The number of fused-ring (bicyclic) bond motifs is 1. The minimum atomic E-state index is -0.204. The van der Waals surface area contributed by atoms with Gasteiger partial charge in [0.1, 0.15) is 0 Å². The molecular weight excluding hydrogens is 400 g/mol. The fourth-order valence-electron chi connectivity index (χ4n) is 5.00. The van der Waals surface area contributed by atoms with E-state index in [2.05, 4.69) is 71.3 Å². The molecule has 0 spiro atoms. The number of hydrogen-bond donors (Lipinski definition) is 1. The van der Waals surface area contributed by atoms with Crippen LogP contribution in [0, 0.1) is 6.92 Å². The minimum Gasteiger partial charge on any atom is -0.322 e. The summed E-state index contributed by atoms with van der Waals surface area (Å²) in [5, 5.41) is 13.9. The Morgan fingerprint density at radius 3 is 2.66 bits per heavy atom. The molecule has 1 aliphatic rings. The van der Waals surface area contributed by atoms with E-state index in [1.807, 2.05) is 17.7 Å². The molecule has 0 saturated heterocycles. The maximum absolute atomic E-state index is 13.1. The molecule has 7 nitrogen and oxygen atoms in total. The standard InChI is InChI=1S/C25H36N6O/c1-6-9-22(23-27-28-29-31(23)25(3,4)5)30(20-10-7-8-11-20)16-19-15-18-13-12-17(2)14-21(18)26-24(19)32/h12-15,20,22H,6-11,16H2,1-5H3,(H,26,32)/t22-/m0/s1. The summed E-state index contributed by atoms with van der Waals surface area (Å²) in [6.07, 6.45) is 6.76. The van der Waals surface area contributed by atoms with Gasteiger partial charge in [-0.1, -0.05) is 38.3 Å². The van der Waals surface area contributed by atoms with Crippen molar-refractivity contribution in [1.82, 2.24) is 30.1 Å². The molecule has 1 aliphatic carbocycles. The Bertz CT molecular complexity index is 1120. The number of aromatic amines is 1. The molecule has 1 fully saturated rings. The number of nitrogens with one attached hydrogen (secondary N) is 1. The highest BCUT2D eigenvalue weighted by Crippen LogP contribution is 2.35. The first-order valence-electron chi connectivity index (χ1n) is 11.9. The SMILES string of the molecule is CCC[C@@H](c1nnnn1C(C)(C)C)N(Cc1cc2ccc(C)cc2[nH]c1=O)C1CCCC1. The number of H-pyrrole nitrogens is 1. The smallest absolute Gasteiger partial charge is 0.252 e. The molecular formula is C25H36N6O. The summed E-state index contributed by atoms with van der Waals surface area (Å²) >= 11 is 0. The van der Waals surface area contributed by atoms with Gasteiger partial charge in [-0.05, 0) is 80.5 Å². The van der Waals surface area contributed by atoms with E-state index in [-0.39, 0.29) is 17.1 Å². The predicted molar refractivity (Wildman–Crippen MR) is 128 cm³/mol. The summed E-state index contributed by atoms with van der Waals surface area (Å²) in [4.78, 5) is 18.7. The lowest BCUT2D eigenvalue weighted by Gasteiger charge is -2.36. The molecule has 1 N–H and O–H groups in total. The van der Waals surface area contributed by atoms with Gasteiger partial charge in [0.25, 0.3) is 5.56 Å². The van der Waals surface area contributed by atoms with Gasteiger partial charge in [0.05, 0.1) is 11.6 Å². The van der Waals surface area contributed by atoms with Crippen LogP contribution in [0.15, 0.2) is 29.1 Å². The highest BCUT2D eigenvalue weighted by molar-refractivity contribution is 5.79. The van der Waals surface area contributed by atoms with E-state index in [0.29, 0.717) is 12.6 Å². The summed E-state index contributed by atoms with van der Waals surface area (Å²) in [7, 11) is 0. The molecule has 0 aliphatic heterocycles. The van der Waals surface area contributed by atoms with Crippen molar-refractivity contribution < 1.29 is 0 Å². The van der Waals surface area contributed by atoms with Crippen molar-refractivity contribution in [2.45, 2.75) is 97.3 Å². The average Bonchev–Trinajstić information content (AvgIpc) is 3.42. The van der Waals surface area contributed by atoms with Crippen molar-refractivity contribution in [2.75, 3.05) is 0 Å². The molecule has 1 saturated carbocycles. The first kappa shape index (κ1) is 22.6. The van der Waals surface area contributed by atoms with E-state index in [9.17, 15) is 4.79 Å². The molecule has 0 bridgehead atoms. The van der Waals surface area contributed by atoms with Gasteiger partial charge in [0, 0.05) is 23.7 Å². The predicted octanol–water partition coefficient (Wildman–Crippen LogP) is 4.86. The zero-order valence-corrected chi connectivity index (χ0v) is 20.1. The molecule has 7 heteroatoms. The lowest BCUT2D eigenvalue weighted by atomic mass is 10.0. The van der Waals surface area contributed by atoms with Gasteiger partial charge in [-0.3, -0.25) is 9.69 Å². The van der Waals surface area contributed by atoms with Crippen molar-refractivity contribution in [2.24, 2.45) is 0 Å². The molecule has 2 heterocycles. The third kappa shape index (κ3) is 4.63. The third-order valence-corrected chi connectivity index (χ3v) is 6.61. The third-order valence-electron chi connectivity index (χ3n) is 6.61. The number of hydrogen-bond acceptors (Lipinski definition) is 5. The van der Waals surface area contributed by atoms with Crippen molar-refractivity contribution >= 4 is 10.9 Å². The van der Waals surface area contributed by atoms with E-state index in [1.54, 1.807) is 0 Å². The largest absolute Gasteiger partial charge is 0.322 e. The van der Waals surface area contributed by atoms with Crippen LogP contribution in [0.5, 0.6) is 0 Å². The zero-order chi connectivity index (χ0) is 22.9. The average molecular weight is 437 g/mol.